The minimum absolute atomic E-state index is 0. The maximum atomic E-state index is 3.43. The second-order valence-electron chi connectivity index (χ2n) is 3.88. The van der Waals surface area contributed by atoms with Crippen LogP contribution in [0, 0.1) is 0 Å². The maximum absolute atomic E-state index is 3.43. The van der Waals surface area contributed by atoms with Gasteiger partial charge in [0.05, 0.1) is 0 Å². The van der Waals surface area contributed by atoms with Crippen LogP contribution in [0.4, 0.5) is 0 Å². The Morgan fingerprint density at radius 1 is 1.23 bits per heavy atom. The third-order valence-electron chi connectivity index (χ3n) is 3.11. The molecule has 80 valence electrons. The van der Waals surface area contributed by atoms with Crippen LogP contribution < -0.4 is 5.32 Å². The van der Waals surface area contributed by atoms with E-state index in [4.69, 9.17) is 0 Å². The predicted octanol–water partition coefficient (Wildman–Crippen LogP) is 1.68. The monoisotopic (exact) mass is 226 g/mol. The second-order valence-corrected chi connectivity index (χ2v) is 3.88. The van der Waals surface area contributed by atoms with Crippen molar-refractivity contribution in [3.63, 3.8) is 0 Å². The van der Waals surface area contributed by atoms with Crippen molar-refractivity contribution in [3.8, 4) is 0 Å². The topological polar surface area (TPSA) is 15.3 Å². The zero-order chi connectivity index (χ0) is 7.68. The first-order chi connectivity index (χ1) is 5.38. The molecule has 2 aliphatic rings. The third kappa shape index (κ3) is 2.98. The van der Waals surface area contributed by atoms with Gasteiger partial charge in [0, 0.05) is 18.6 Å². The molecule has 0 spiro atoms. The number of hydrogen-bond donors (Lipinski definition) is 1. The van der Waals surface area contributed by atoms with Crippen molar-refractivity contribution in [3.05, 3.63) is 0 Å². The van der Waals surface area contributed by atoms with Gasteiger partial charge in [-0.2, -0.15) is 0 Å². The first-order valence-corrected chi connectivity index (χ1v) is 4.84. The Morgan fingerprint density at radius 2 is 2.00 bits per heavy atom. The molecule has 0 aliphatic carbocycles. The molecule has 2 nitrogen and oxygen atoms in total. The SMILES string of the molecule is C[C@@H]1CCCN1[C@H]1CCNC1.Cl.Cl. The highest BCUT2D eigenvalue weighted by atomic mass is 35.5. The molecule has 13 heavy (non-hydrogen) atoms. The van der Waals surface area contributed by atoms with Crippen molar-refractivity contribution < 1.29 is 0 Å². The molecule has 0 aromatic rings. The molecule has 4 heteroatoms. The second kappa shape index (κ2) is 6.07. The molecule has 2 atom stereocenters. The number of likely N-dealkylation sites (tertiary alicyclic amines) is 1. The summed E-state index contributed by atoms with van der Waals surface area (Å²) >= 11 is 0. The Bertz CT molecular complexity index is 138. The standard InChI is InChI=1S/C9H18N2.2ClH/c1-8-3-2-6-11(8)9-4-5-10-7-9;;/h8-10H,2-7H2,1H3;2*1H/t8-,9+;;/m1../s1. The lowest BCUT2D eigenvalue weighted by atomic mass is 10.2. The molecule has 2 heterocycles. The Hall–Kier alpha value is 0.500. The molecule has 0 aromatic carbocycles. The highest BCUT2D eigenvalue weighted by Gasteiger charge is 2.29. The van der Waals surface area contributed by atoms with Crippen LogP contribution in [0.5, 0.6) is 0 Å². The number of hydrogen-bond acceptors (Lipinski definition) is 2. The van der Waals surface area contributed by atoms with Gasteiger partial charge in [-0.15, -0.1) is 24.8 Å². The van der Waals surface area contributed by atoms with E-state index < -0.39 is 0 Å². The quantitative estimate of drug-likeness (QED) is 0.733. The first kappa shape index (κ1) is 13.5. The third-order valence-corrected chi connectivity index (χ3v) is 3.11. The molecule has 1 N–H and O–H groups in total. The smallest absolute Gasteiger partial charge is 0.0235 e. The summed E-state index contributed by atoms with van der Waals surface area (Å²) in [6.45, 7) is 6.16. The summed E-state index contributed by atoms with van der Waals surface area (Å²) < 4.78 is 0. The molecule has 0 radical (unpaired) electrons. The molecule has 2 saturated heterocycles. The van der Waals surface area contributed by atoms with Gasteiger partial charge in [0.1, 0.15) is 0 Å². The molecular weight excluding hydrogens is 207 g/mol. The van der Waals surface area contributed by atoms with E-state index in [1.54, 1.807) is 0 Å². The number of nitrogens with zero attached hydrogens (tertiary/aromatic N) is 1. The van der Waals surface area contributed by atoms with Crippen molar-refractivity contribution in [2.24, 2.45) is 0 Å². The van der Waals surface area contributed by atoms with Crippen LogP contribution in [0.25, 0.3) is 0 Å². The van der Waals surface area contributed by atoms with Crippen LogP contribution in [0.1, 0.15) is 26.2 Å². The van der Waals surface area contributed by atoms with Crippen molar-refractivity contribution in [2.45, 2.75) is 38.3 Å². The number of nitrogens with one attached hydrogen (secondary N) is 1. The molecule has 0 amide bonds. The van der Waals surface area contributed by atoms with E-state index in [0.29, 0.717) is 0 Å². The summed E-state index contributed by atoms with van der Waals surface area (Å²) in [4.78, 5) is 2.68. The van der Waals surface area contributed by atoms with Crippen LogP contribution in [0.15, 0.2) is 0 Å². The van der Waals surface area contributed by atoms with E-state index in [-0.39, 0.29) is 24.8 Å². The molecule has 2 rings (SSSR count). The highest BCUT2D eigenvalue weighted by molar-refractivity contribution is 5.85. The van der Waals surface area contributed by atoms with Crippen LogP contribution in [0.2, 0.25) is 0 Å². The molecule has 2 aliphatic heterocycles. The van der Waals surface area contributed by atoms with E-state index in [2.05, 4.69) is 17.1 Å². The van der Waals surface area contributed by atoms with E-state index in [9.17, 15) is 0 Å². The van der Waals surface area contributed by atoms with Crippen molar-refractivity contribution in [1.29, 1.82) is 0 Å². The normalized spacial score (nSPS) is 33.9. The largest absolute Gasteiger partial charge is 0.315 e. The lowest BCUT2D eigenvalue weighted by molar-refractivity contribution is 0.202. The minimum atomic E-state index is 0. The molecule has 0 aromatic heterocycles. The minimum Gasteiger partial charge on any atom is -0.315 e. The van der Waals surface area contributed by atoms with Gasteiger partial charge < -0.3 is 5.32 Å². The fraction of sp³-hybridized carbons (Fsp3) is 1.00. The predicted molar refractivity (Wildman–Crippen MR) is 61.2 cm³/mol. The Morgan fingerprint density at radius 3 is 2.46 bits per heavy atom. The summed E-state index contributed by atoms with van der Waals surface area (Å²) in [5.41, 5.74) is 0. The van der Waals surface area contributed by atoms with Gasteiger partial charge in [-0.25, -0.2) is 0 Å². The van der Waals surface area contributed by atoms with Gasteiger partial charge in [-0.1, -0.05) is 0 Å². The Balaban J connectivity index is 0.000000720. The average Bonchev–Trinajstić information content (AvgIpc) is 2.55. The van der Waals surface area contributed by atoms with Gasteiger partial charge in [0.25, 0.3) is 0 Å². The summed E-state index contributed by atoms with van der Waals surface area (Å²) in [7, 11) is 0. The maximum Gasteiger partial charge on any atom is 0.0235 e. The summed E-state index contributed by atoms with van der Waals surface area (Å²) in [6.07, 6.45) is 4.19. The van der Waals surface area contributed by atoms with Crippen LogP contribution in [0.3, 0.4) is 0 Å². The van der Waals surface area contributed by atoms with E-state index in [0.717, 1.165) is 12.1 Å². The van der Waals surface area contributed by atoms with Crippen LogP contribution in [-0.2, 0) is 0 Å². The number of rotatable bonds is 1. The fourth-order valence-electron chi connectivity index (χ4n) is 2.42. The summed E-state index contributed by atoms with van der Waals surface area (Å²) in [5, 5.41) is 3.43. The summed E-state index contributed by atoms with van der Waals surface area (Å²) in [5.74, 6) is 0. The Labute approximate surface area is 93.3 Å². The average molecular weight is 227 g/mol. The van der Waals surface area contributed by atoms with Crippen molar-refractivity contribution in [2.75, 3.05) is 19.6 Å². The van der Waals surface area contributed by atoms with Gasteiger partial charge in [-0.05, 0) is 39.3 Å². The van der Waals surface area contributed by atoms with Crippen LogP contribution >= 0.6 is 24.8 Å². The van der Waals surface area contributed by atoms with Crippen LogP contribution in [-0.4, -0.2) is 36.6 Å². The van der Waals surface area contributed by atoms with E-state index in [1.165, 1.54) is 38.9 Å². The van der Waals surface area contributed by atoms with Gasteiger partial charge in [-0.3, -0.25) is 4.90 Å². The fourth-order valence-corrected chi connectivity index (χ4v) is 2.42. The number of halogens is 2. The first-order valence-electron chi connectivity index (χ1n) is 4.84. The molecule has 0 bridgehead atoms. The van der Waals surface area contributed by atoms with Crippen molar-refractivity contribution >= 4 is 24.8 Å². The molecular formula is C9H20Cl2N2. The van der Waals surface area contributed by atoms with Gasteiger partial charge in [0.15, 0.2) is 0 Å². The Kier molecular flexibility index (Phi) is 6.31. The van der Waals surface area contributed by atoms with E-state index in [1.807, 2.05) is 0 Å². The molecule has 0 unspecified atom stereocenters. The zero-order valence-corrected chi connectivity index (χ0v) is 9.79. The molecule has 0 saturated carbocycles. The van der Waals surface area contributed by atoms with Crippen molar-refractivity contribution in [1.82, 2.24) is 10.2 Å². The zero-order valence-electron chi connectivity index (χ0n) is 8.16. The lowest BCUT2D eigenvalue weighted by Gasteiger charge is -2.27. The van der Waals surface area contributed by atoms with Gasteiger partial charge >= 0.3 is 0 Å². The highest BCUT2D eigenvalue weighted by Crippen LogP contribution is 2.21. The molecule has 2 fully saturated rings. The van der Waals surface area contributed by atoms with E-state index >= 15 is 0 Å². The lowest BCUT2D eigenvalue weighted by Crippen LogP contribution is -2.38. The summed E-state index contributed by atoms with van der Waals surface area (Å²) in [6, 6.07) is 1.70. The van der Waals surface area contributed by atoms with Gasteiger partial charge in [0.2, 0.25) is 0 Å².